The van der Waals surface area contributed by atoms with Gasteiger partial charge in [-0.25, -0.2) is 0 Å². The zero-order valence-electron chi connectivity index (χ0n) is 9.71. The van der Waals surface area contributed by atoms with Gasteiger partial charge in [0.1, 0.15) is 0 Å². The van der Waals surface area contributed by atoms with Gasteiger partial charge in [0.25, 0.3) is 0 Å². The van der Waals surface area contributed by atoms with E-state index in [2.05, 4.69) is 0 Å². The van der Waals surface area contributed by atoms with Crippen LogP contribution in [0.25, 0.3) is 0 Å². The SMILES string of the molecule is O=C1CC[C@@H](CO)N1CN1C(=O)CC[C@H]1CO. The van der Waals surface area contributed by atoms with Gasteiger partial charge in [-0.1, -0.05) is 0 Å². The number of aliphatic hydroxyl groups excluding tert-OH is 2. The number of hydrogen-bond acceptors (Lipinski definition) is 4. The smallest absolute Gasteiger partial charge is 0.224 e. The third-order valence-corrected chi connectivity index (χ3v) is 3.63. The summed E-state index contributed by atoms with van der Waals surface area (Å²) in [5.41, 5.74) is 0. The van der Waals surface area contributed by atoms with Crippen molar-refractivity contribution >= 4 is 11.8 Å². The van der Waals surface area contributed by atoms with Gasteiger partial charge in [-0.2, -0.15) is 0 Å². The van der Waals surface area contributed by atoms with Crippen LogP contribution in [0.3, 0.4) is 0 Å². The van der Waals surface area contributed by atoms with Crippen LogP contribution in [0.4, 0.5) is 0 Å². The van der Waals surface area contributed by atoms with E-state index >= 15 is 0 Å². The third kappa shape index (κ3) is 2.28. The second-order valence-corrected chi connectivity index (χ2v) is 4.62. The minimum absolute atomic E-state index is 0.0274. The Morgan fingerprint density at radius 3 is 1.71 bits per heavy atom. The Bertz CT molecular complexity index is 291. The number of carbonyl (C=O) groups excluding carboxylic acids is 2. The molecule has 2 atom stereocenters. The van der Waals surface area contributed by atoms with Crippen LogP contribution in [-0.2, 0) is 9.59 Å². The van der Waals surface area contributed by atoms with Crippen LogP contribution in [-0.4, -0.2) is 63.8 Å². The molecule has 0 aliphatic carbocycles. The predicted octanol–water partition coefficient (Wildman–Crippen LogP) is -1.09. The van der Waals surface area contributed by atoms with Gasteiger partial charge in [0, 0.05) is 12.8 Å². The molecule has 2 fully saturated rings. The monoisotopic (exact) mass is 242 g/mol. The molecule has 2 aliphatic rings. The minimum atomic E-state index is -0.185. The molecule has 2 saturated heterocycles. The standard InChI is InChI=1S/C11H18N2O4/c14-5-8-1-3-10(16)12(8)7-13-9(6-15)2-4-11(13)17/h8-9,14-15H,1-7H2/t8-,9-/m0/s1. The van der Waals surface area contributed by atoms with E-state index < -0.39 is 0 Å². The Morgan fingerprint density at radius 1 is 0.941 bits per heavy atom. The molecule has 0 radical (unpaired) electrons. The molecule has 2 heterocycles. The lowest BCUT2D eigenvalue weighted by atomic mass is 10.2. The van der Waals surface area contributed by atoms with Crippen molar-refractivity contribution in [2.75, 3.05) is 19.9 Å². The van der Waals surface area contributed by atoms with Crippen molar-refractivity contribution in [2.24, 2.45) is 0 Å². The molecule has 0 saturated carbocycles. The van der Waals surface area contributed by atoms with Crippen LogP contribution in [0.2, 0.25) is 0 Å². The summed E-state index contributed by atoms with van der Waals surface area (Å²) in [6, 6.07) is -0.370. The van der Waals surface area contributed by atoms with Crippen molar-refractivity contribution in [3.63, 3.8) is 0 Å². The fraction of sp³-hybridized carbons (Fsp3) is 0.818. The quantitative estimate of drug-likeness (QED) is 0.656. The third-order valence-electron chi connectivity index (χ3n) is 3.63. The maximum atomic E-state index is 11.6. The molecule has 2 rings (SSSR count). The topological polar surface area (TPSA) is 81.1 Å². The molecule has 2 amide bonds. The summed E-state index contributed by atoms with van der Waals surface area (Å²) in [7, 11) is 0. The van der Waals surface area contributed by atoms with Gasteiger partial charge in [-0.15, -0.1) is 0 Å². The number of amides is 2. The lowest BCUT2D eigenvalue weighted by molar-refractivity contribution is -0.138. The maximum absolute atomic E-state index is 11.6. The van der Waals surface area contributed by atoms with Crippen LogP contribution in [0.5, 0.6) is 0 Å². The van der Waals surface area contributed by atoms with E-state index in [9.17, 15) is 19.8 Å². The van der Waals surface area contributed by atoms with E-state index in [1.807, 2.05) is 0 Å². The average Bonchev–Trinajstić information content (AvgIpc) is 2.85. The fourth-order valence-corrected chi connectivity index (χ4v) is 2.52. The van der Waals surface area contributed by atoms with Gasteiger partial charge in [0.05, 0.1) is 32.0 Å². The van der Waals surface area contributed by atoms with Crippen molar-refractivity contribution in [3.05, 3.63) is 0 Å². The molecular formula is C11H18N2O4. The second-order valence-electron chi connectivity index (χ2n) is 4.62. The van der Waals surface area contributed by atoms with E-state index in [-0.39, 0.29) is 43.8 Å². The molecule has 0 aromatic carbocycles. The number of carbonyl (C=O) groups is 2. The molecule has 0 spiro atoms. The van der Waals surface area contributed by atoms with Gasteiger partial charge in [-0.05, 0) is 12.8 Å². The first-order valence-electron chi connectivity index (χ1n) is 5.98. The van der Waals surface area contributed by atoms with E-state index in [4.69, 9.17) is 0 Å². The Kier molecular flexibility index (Phi) is 3.63. The van der Waals surface area contributed by atoms with Crippen molar-refractivity contribution in [1.82, 2.24) is 9.80 Å². The zero-order chi connectivity index (χ0) is 12.4. The molecular weight excluding hydrogens is 224 g/mol. The van der Waals surface area contributed by atoms with E-state index in [1.54, 1.807) is 9.80 Å². The van der Waals surface area contributed by atoms with Gasteiger partial charge in [-0.3, -0.25) is 9.59 Å². The summed E-state index contributed by atoms with van der Waals surface area (Å²) < 4.78 is 0. The number of rotatable bonds is 4. The molecule has 0 aromatic rings. The largest absolute Gasteiger partial charge is 0.394 e. The molecule has 6 heteroatoms. The van der Waals surface area contributed by atoms with E-state index in [1.165, 1.54) is 0 Å². The molecule has 17 heavy (non-hydrogen) atoms. The summed E-state index contributed by atoms with van der Waals surface area (Å²) in [6.07, 6.45) is 2.14. The van der Waals surface area contributed by atoms with Crippen molar-refractivity contribution in [1.29, 1.82) is 0 Å². The number of nitrogens with zero attached hydrogens (tertiary/aromatic N) is 2. The van der Waals surface area contributed by atoms with Gasteiger partial charge in [0.15, 0.2) is 0 Å². The molecule has 0 bridgehead atoms. The van der Waals surface area contributed by atoms with Gasteiger partial charge < -0.3 is 20.0 Å². The van der Waals surface area contributed by atoms with Crippen molar-refractivity contribution < 1.29 is 19.8 Å². The van der Waals surface area contributed by atoms with Crippen molar-refractivity contribution in [2.45, 2.75) is 37.8 Å². The number of hydrogen-bond donors (Lipinski definition) is 2. The second kappa shape index (κ2) is 5.01. The highest BCUT2D eigenvalue weighted by molar-refractivity contribution is 5.81. The lowest BCUT2D eigenvalue weighted by Gasteiger charge is -2.31. The van der Waals surface area contributed by atoms with Crippen molar-refractivity contribution in [3.8, 4) is 0 Å². The Labute approximate surface area is 99.8 Å². The van der Waals surface area contributed by atoms with Crippen LogP contribution in [0.1, 0.15) is 25.7 Å². The first-order chi connectivity index (χ1) is 8.17. The minimum Gasteiger partial charge on any atom is -0.394 e. The highest BCUT2D eigenvalue weighted by Crippen LogP contribution is 2.23. The normalized spacial score (nSPS) is 29.5. The van der Waals surface area contributed by atoms with Crippen LogP contribution in [0.15, 0.2) is 0 Å². The van der Waals surface area contributed by atoms with Crippen LogP contribution < -0.4 is 0 Å². The summed E-state index contributed by atoms with van der Waals surface area (Å²) in [5, 5.41) is 18.3. The molecule has 2 N–H and O–H groups in total. The van der Waals surface area contributed by atoms with E-state index in [0.29, 0.717) is 25.7 Å². The summed E-state index contributed by atoms with van der Waals surface area (Å²) in [6.45, 7) is 0.0588. The summed E-state index contributed by atoms with van der Waals surface area (Å²) in [4.78, 5) is 26.4. The summed E-state index contributed by atoms with van der Waals surface area (Å²) in [5.74, 6) is -0.0547. The lowest BCUT2D eigenvalue weighted by Crippen LogP contribution is -2.48. The average molecular weight is 242 g/mol. The number of aliphatic hydroxyl groups is 2. The molecule has 0 aromatic heterocycles. The van der Waals surface area contributed by atoms with Crippen LogP contribution >= 0.6 is 0 Å². The molecule has 96 valence electrons. The first kappa shape index (κ1) is 12.3. The van der Waals surface area contributed by atoms with Crippen LogP contribution in [0, 0.1) is 0 Å². The predicted molar refractivity (Wildman–Crippen MR) is 58.8 cm³/mol. The Balaban J connectivity index is 2.03. The first-order valence-corrected chi connectivity index (χ1v) is 5.98. The maximum Gasteiger partial charge on any atom is 0.224 e. The summed E-state index contributed by atoms with van der Waals surface area (Å²) >= 11 is 0. The number of likely N-dealkylation sites (tertiary alicyclic amines) is 2. The Morgan fingerprint density at radius 2 is 1.35 bits per heavy atom. The van der Waals surface area contributed by atoms with Gasteiger partial charge >= 0.3 is 0 Å². The zero-order valence-corrected chi connectivity index (χ0v) is 9.71. The van der Waals surface area contributed by atoms with Gasteiger partial charge in [0.2, 0.25) is 11.8 Å². The molecule has 0 unspecified atom stereocenters. The van der Waals surface area contributed by atoms with E-state index in [0.717, 1.165) is 0 Å². The molecule has 2 aliphatic heterocycles. The highest BCUT2D eigenvalue weighted by Gasteiger charge is 2.37. The highest BCUT2D eigenvalue weighted by atomic mass is 16.3. The Hall–Kier alpha value is -1.14. The fourth-order valence-electron chi connectivity index (χ4n) is 2.52. The molecule has 6 nitrogen and oxygen atoms in total.